The summed E-state index contributed by atoms with van der Waals surface area (Å²) in [7, 11) is 2.06. The number of carbonyl (C=O) groups is 2. The number of hydrogen-bond donors (Lipinski definition) is 4. The molecule has 0 unspecified atom stereocenters. The van der Waals surface area contributed by atoms with Gasteiger partial charge < -0.3 is 35.8 Å². The number of anilines is 2. The number of esters is 1. The third-order valence-electron chi connectivity index (χ3n) is 8.98. The maximum Gasteiger partial charge on any atom is 0.319 e. The largest absolute Gasteiger partial charge is 0.465 e. The van der Waals surface area contributed by atoms with Crippen LogP contribution < -0.4 is 26.2 Å². The third-order valence-corrected chi connectivity index (χ3v) is 8.98. The predicted octanol–water partition coefficient (Wildman–Crippen LogP) is 2.25. The maximum absolute atomic E-state index is 12.7. The van der Waals surface area contributed by atoms with Crippen LogP contribution in [-0.4, -0.2) is 113 Å². The number of rotatable bonds is 20. The Morgan fingerprint density at radius 3 is 2.57 bits per heavy atom. The summed E-state index contributed by atoms with van der Waals surface area (Å²) in [6.07, 6.45) is 13.1. The second-order valence-corrected chi connectivity index (χ2v) is 12.7. The molecule has 1 amide bonds. The van der Waals surface area contributed by atoms with E-state index in [9.17, 15) is 9.59 Å². The molecule has 0 atom stereocenters. The molecule has 0 bridgehead atoms. The monoisotopic (exact) mass is 655 g/mol. The number of aromatic nitrogens is 5. The zero-order chi connectivity index (χ0) is 33.3. The van der Waals surface area contributed by atoms with Gasteiger partial charge in [0.2, 0.25) is 11.9 Å². The van der Waals surface area contributed by atoms with Gasteiger partial charge in [-0.25, -0.2) is 4.98 Å². The molecule has 47 heavy (non-hydrogen) atoms. The highest BCUT2D eigenvalue weighted by Gasteiger charge is 2.26. The average molecular weight is 656 g/mol. The van der Waals surface area contributed by atoms with Crippen molar-refractivity contribution in [2.45, 2.75) is 103 Å². The molecule has 1 saturated carbocycles. The van der Waals surface area contributed by atoms with Gasteiger partial charge in [-0.05, 0) is 72.0 Å². The Morgan fingerprint density at radius 1 is 1.00 bits per heavy atom. The Morgan fingerprint density at radius 2 is 1.79 bits per heavy atom. The van der Waals surface area contributed by atoms with Crippen LogP contribution in [0.3, 0.4) is 0 Å². The van der Waals surface area contributed by atoms with Gasteiger partial charge in [0.15, 0.2) is 0 Å². The molecule has 2 aromatic heterocycles. The molecular weight excluding hydrogens is 598 g/mol. The van der Waals surface area contributed by atoms with E-state index < -0.39 is 0 Å². The van der Waals surface area contributed by atoms with Gasteiger partial charge >= 0.3 is 5.97 Å². The number of nitrogens with one attached hydrogen (secondary N) is 4. The lowest BCUT2D eigenvalue weighted by Crippen LogP contribution is -2.46. The molecule has 14 heteroatoms. The summed E-state index contributed by atoms with van der Waals surface area (Å²) < 4.78 is 6.80. The van der Waals surface area contributed by atoms with Crippen molar-refractivity contribution in [3.63, 3.8) is 0 Å². The fourth-order valence-electron chi connectivity index (χ4n) is 6.27. The summed E-state index contributed by atoms with van der Waals surface area (Å²) in [6.45, 7) is 10.5. The molecule has 14 nitrogen and oxygen atoms in total. The van der Waals surface area contributed by atoms with Gasteiger partial charge in [0.1, 0.15) is 11.5 Å². The van der Waals surface area contributed by atoms with Crippen LogP contribution in [0.15, 0.2) is 12.3 Å². The molecule has 4 N–H and O–H groups in total. The van der Waals surface area contributed by atoms with E-state index in [1.54, 1.807) is 6.92 Å². The van der Waals surface area contributed by atoms with E-state index in [0.717, 1.165) is 75.1 Å². The molecule has 262 valence electrons. The van der Waals surface area contributed by atoms with Crippen LogP contribution >= 0.6 is 0 Å². The quantitative estimate of drug-likeness (QED) is 0.122. The molecule has 1 aliphatic carbocycles. The number of carbonyl (C=O) groups excluding carboxylic acids is 2. The van der Waals surface area contributed by atoms with Gasteiger partial charge in [-0.1, -0.05) is 24.5 Å². The molecule has 2 aliphatic rings. The summed E-state index contributed by atoms with van der Waals surface area (Å²) >= 11 is 0. The van der Waals surface area contributed by atoms with Gasteiger partial charge in [-0.2, -0.15) is 4.98 Å². The SMILES string of the molecule is CCOC(=O)CNCCC(=O)N1CCC(N(C)c2cc(C)nc(NCc3cn(CCCNCCCNC4CCCCC4)nn3)n2)CC1. The van der Waals surface area contributed by atoms with E-state index in [2.05, 4.69) is 48.5 Å². The van der Waals surface area contributed by atoms with Crippen molar-refractivity contribution >= 4 is 23.6 Å². The van der Waals surface area contributed by atoms with Crippen molar-refractivity contribution in [3.05, 3.63) is 23.7 Å². The highest BCUT2D eigenvalue weighted by atomic mass is 16.5. The summed E-state index contributed by atoms with van der Waals surface area (Å²) in [4.78, 5) is 37.6. The molecule has 1 aliphatic heterocycles. The number of piperidine rings is 1. The van der Waals surface area contributed by atoms with Crippen LogP contribution in [0.1, 0.15) is 82.5 Å². The van der Waals surface area contributed by atoms with Gasteiger partial charge in [0.25, 0.3) is 0 Å². The summed E-state index contributed by atoms with van der Waals surface area (Å²) in [5, 5.41) is 22.2. The number of aryl methyl sites for hydroxylation is 2. The first-order valence-electron chi connectivity index (χ1n) is 17.7. The topological polar surface area (TPSA) is 154 Å². The average Bonchev–Trinajstić information content (AvgIpc) is 3.54. The Kier molecular flexibility index (Phi) is 15.6. The Bertz CT molecular complexity index is 1210. The van der Waals surface area contributed by atoms with Gasteiger partial charge in [0.05, 0.1) is 25.9 Å². The molecule has 3 heterocycles. The number of likely N-dealkylation sites (tertiary alicyclic amines) is 1. The van der Waals surface area contributed by atoms with Crippen molar-refractivity contribution in [2.24, 2.45) is 0 Å². The van der Waals surface area contributed by atoms with Crippen molar-refractivity contribution in [2.75, 3.05) is 69.7 Å². The van der Waals surface area contributed by atoms with Gasteiger partial charge in [-0.15, -0.1) is 5.10 Å². The van der Waals surface area contributed by atoms with Crippen LogP contribution in [0.4, 0.5) is 11.8 Å². The number of hydrogen-bond acceptors (Lipinski definition) is 12. The minimum absolute atomic E-state index is 0.105. The molecular formula is C33H57N11O3. The Labute approximate surface area is 280 Å². The van der Waals surface area contributed by atoms with Gasteiger partial charge in [-0.3, -0.25) is 14.3 Å². The molecule has 2 aromatic rings. The second-order valence-electron chi connectivity index (χ2n) is 12.7. The lowest BCUT2D eigenvalue weighted by molar-refractivity contribution is -0.142. The van der Waals surface area contributed by atoms with E-state index in [1.807, 2.05) is 28.8 Å². The molecule has 0 spiro atoms. The number of nitrogens with zero attached hydrogens (tertiary/aromatic N) is 7. The van der Waals surface area contributed by atoms with E-state index in [4.69, 9.17) is 9.72 Å². The number of amides is 1. The Balaban J connectivity index is 1.11. The first-order valence-corrected chi connectivity index (χ1v) is 17.7. The summed E-state index contributed by atoms with van der Waals surface area (Å²) in [6, 6.07) is 3.01. The molecule has 4 rings (SSSR count). The fraction of sp³-hybridized carbons (Fsp3) is 0.758. The minimum Gasteiger partial charge on any atom is -0.465 e. The van der Waals surface area contributed by atoms with Crippen LogP contribution in [-0.2, 0) is 27.4 Å². The second kappa shape index (κ2) is 20.1. The lowest BCUT2D eigenvalue weighted by atomic mass is 9.95. The molecule has 0 radical (unpaired) electrons. The smallest absolute Gasteiger partial charge is 0.319 e. The Hall–Kier alpha value is -3.36. The fourth-order valence-corrected chi connectivity index (χ4v) is 6.27. The van der Waals surface area contributed by atoms with E-state index >= 15 is 0 Å². The van der Waals surface area contributed by atoms with E-state index in [-0.39, 0.29) is 24.5 Å². The zero-order valence-corrected chi connectivity index (χ0v) is 28.8. The van der Waals surface area contributed by atoms with E-state index in [0.29, 0.717) is 45.2 Å². The van der Waals surface area contributed by atoms with Crippen molar-refractivity contribution in [3.8, 4) is 0 Å². The lowest BCUT2D eigenvalue weighted by Gasteiger charge is -2.37. The highest BCUT2D eigenvalue weighted by molar-refractivity contribution is 5.76. The summed E-state index contributed by atoms with van der Waals surface area (Å²) in [5.74, 6) is 1.22. The zero-order valence-electron chi connectivity index (χ0n) is 28.8. The third kappa shape index (κ3) is 13.0. The minimum atomic E-state index is -0.299. The highest BCUT2D eigenvalue weighted by Crippen LogP contribution is 2.23. The standard InChI is InChI=1S/C33H57N11O3/c1-4-47-32(46)24-35-18-12-31(45)43-20-13-29(14-21-43)42(3)30-22-26(2)38-33(39-30)37-23-28-25-44(41-40-28)19-9-16-34-15-8-17-36-27-10-6-5-7-11-27/h22,25,27,29,34-36H,4-21,23-24H2,1-3H3,(H,37,38,39). The van der Waals surface area contributed by atoms with Crippen LogP contribution in [0.2, 0.25) is 0 Å². The first-order chi connectivity index (χ1) is 22.9. The van der Waals surface area contributed by atoms with Crippen LogP contribution in [0.5, 0.6) is 0 Å². The van der Waals surface area contributed by atoms with E-state index in [1.165, 1.54) is 32.1 Å². The van der Waals surface area contributed by atoms with Crippen LogP contribution in [0, 0.1) is 6.92 Å². The summed E-state index contributed by atoms with van der Waals surface area (Å²) in [5.41, 5.74) is 1.73. The predicted molar refractivity (Wildman–Crippen MR) is 183 cm³/mol. The first kappa shape index (κ1) is 36.5. The number of ether oxygens (including phenoxy) is 1. The van der Waals surface area contributed by atoms with Crippen molar-refractivity contribution in [1.82, 2.24) is 45.8 Å². The van der Waals surface area contributed by atoms with Crippen molar-refractivity contribution < 1.29 is 14.3 Å². The van der Waals surface area contributed by atoms with Crippen molar-refractivity contribution in [1.29, 1.82) is 0 Å². The molecule has 1 saturated heterocycles. The van der Waals surface area contributed by atoms with Crippen LogP contribution in [0.25, 0.3) is 0 Å². The van der Waals surface area contributed by atoms with Gasteiger partial charge in [0, 0.05) is 63.5 Å². The maximum atomic E-state index is 12.7. The normalized spacial score (nSPS) is 15.9. The molecule has 0 aromatic carbocycles. The molecule has 2 fully saturated rings.